The smallest absolute Gasteiger partial charge is 0.309 e. The number of para-hydroxylation sites is 2. The molecule has 1 unspecified atom stereocenters. The Kier molecular flexibility index (Phi) is 4.11. The number of nitrogens with zero attached hydrogens (tertiary/aromatic N) is 4. The molecule has 5 rings (SSSR count). The Morgan fingerprint density at radius 3 is 3.00 bits per heavy atom. The second-order valence-corrected chi connectivity index (χ2v) is 7.35. The Morgan fingerprint density at radius 2 is 2.18 bits per heavy atom. The molecule has 144 valence electrons. The minimum absolute atomic E-state index is 0.0810. The van der Waals surface area contributed by atoms with E-state index in [9.17, 15) is 9.59 Å². The molecule has 3 aromatic rings. The van der Waals surface area contributed by atoms with Gasteiger partial charge in [-0.3, -0.25) is 14.3 Å². The highest BCUT2D eigenvalue weighted by Crippen LogP contribution is 2.24. The minimum Gasteiger partial charge on any atom is -0.465 e. The Morgan fingerprint density at radius 1 is 1.29 bits per heavy atom. The summed E-state index contributed by atoms with van der Waals surface area (Å²) in [7, 11) is 0. The number of nitrogens with one attached hydrogen (secondary N) is 1. The first-order valence-corrected chi connectivity index (χ1v) is 9.63. The Bertz CT molecular complexity index is 1020. The first-order chi connectivity index (χ1) is 13.7. The molecule has 1 N–H and O–H groups in total. The quantitative estimate of drug-likeness (QED) is 0.701. The zero-order valence-electron chi connectivity index (χ0n) is 15.4. The third kappa shape index (κ3) is 3.04. The van der Waals surface area contributed by atoms with Crippen LogP contribution in [0, 0.1) is 5.92 Å². The number of hydrogen-bond acceptors (Lipinski definition) is 5. The van der Waals surface area contributed by atoms with Crippen LogP contribution in [0.25, 0.3) is 22.6 Å². The molecule has 4 heterocycles. The summed E-state index contributed by atoms with van der Waals surface area (Å²) in [6.07, 6.45) is 1.67. The number of esters is 1. The Hall–Kier alpha value is -3.16. The highest BCUT2D eigenvalue weighted by atomic mass is 16.5. The van der Waals surface area contributed by atoms with Gasteiger partial charge in [-0.2, -0.15) is 5.10 Å². The van der Waals surface area contributed by atoms with Crippen LogP contribution < -0.4 is 0 Å². The summed E-state index contributed by atoms with van der Waals surface area (Å²) in [5.41, 5.74) is 3.67. The number of aromatic nitrogens is 4. The number of H-pyrrole nitrogens is 1. The van der Waals surface area contributed by atoms with Gasteiger partial charge in [-0.05, 0) is 31.0 Å². The summed E-state index contributed by atoms with van der Waals surface area (Å²) in [6, 6.07) is 9.87. The monoisotopic (exact) mass is 379 g/mol. The van der Waals surface area contributed by atoms with Crippen molar-refractivity contribution in [2.24, 2.45) is 5.92 Å². The van der Waals surface area contributed by atoms with Crippen LogP contribution in [0.3, 0.4) is 0 Å². The first kappa shape index (κ1) is 17.0. The van der Waals surface area contributed by atoms with Crippen LogP contribution in [-0.4, -0.2) is 49.7 Å². The van der Waals surface area contributed by atoms with Gasteiger partial charge in [0.05, 0.1) is 42.3 Å². The number of benzene rings is 1. The van der Waals surface area contributed by atoms with Crippen LogP contribution in [-0.2, 0) is 27.4 Å². The van der Waals surface area contributed by atoms with Gasteiger partial charge < -0.3 is 14.6 Å². The molecule has 0 bridgehead atoms. The lowest BCUT2D eigenvalue weighted by Crippen LogP contribution is -2.38. The van der Waals surface area contributed by atoms with Crippen LogP contribution in [0.4, 0.5) is 0 Å². The van der Waals surface area contributed by atoms with Crippen LogP contribution in [0.5, 0.6) is 0 Å². The molecular formula is C20H21N5O3. The van der Waals surface area contributed by atoms with Crippen molar-refractivity contribution < 1.29 is 14.3 Å². The number of hydrogen-bond donors (Lipinski definition) is 1. The van der Waals surface area contributed by atoms with Crippen molar-refractivity contribution in [3.05, 3.63) is 36.0 Å². The normalized spacial score (nSPS) is 19.1. The van der Waals surface area contributed by atoms with Gasteiger partial charge in [0.1, 0.15) is 5.69 Å². The standard InChI is InChI=1S/C20H21N5O3/c26-18(6-5-13-7-10-28-20(13)27)24-8-9-25-14(12-24)11-17(23-25)19-21-15-3-1-2-4-16(15)22-19/h1-4,11,13H,5-10,12H2,(H,21,22). The van der Waals surface area contributed by atoms with Gasteiger partial charge in [0.2, 0.25) is 5.91 Å². The maximum absolute atomic E-state index is 12.6. The van der Waals surface area contributed by atoms with Crippen LogP contribution >= 0.6 is 0 Å². The Labute approximate surface area is 161 Å². The van der Waals surface area contributed by atoms with Crippen molar-refractivity contribution in [3.8, 4) is 11.5 Å². The van der Waals surface area contributed by atoms with E-state index in [1.807, 2.05) is 39.9 Å². The van der Waals surface area contributed by atoms with Crippen molar-refractivity contribution in [3.63, 3.8) is 0 Å². The van der Waals surface area contributed by atoms with Crippen molar-refractivity contribution in [1.82, 2.24) is 24.6 Å². The molecule has 1 fully saturated rings. The number of imidazole rings is 1. The third-order valence-electron chi connectivity index (χ3n) is 5.53. The fraction of sp³-hybridized carbons (Fsp3) is 0.400. The molecule has 2 aliphatic rings. The van der Waals surface area contributed by atoms with Gasteiger partial charge in [-0.15, -0.1) is 0 Å². The SMILES string of the molecule is O=C1OCCC1CCC(=O)N1CCn2nc(-c3nc4ccccc4[nH]3)cc2C1. The molecule has 0 saturated carbocycles. The molecule has 2 aromatic heterocycles. The number of cyclic esters (lactones) is 1. The Balaban J connectivity index is 1.28. The van der Waals surface area contributed by atoms with Crippen molar-refractivity contribution in [2.75, 3.05) is 13.2 Å². The van der Waals surface area contributed by atoms with Gasteiger partial charge in [0, 0.05) is 13.0 Å². The van der Waals surface area contributed by atoms with Gasteiger partial charge in [-0.25, -0.2) is 4.98 Å². The maximum Gasteiger partial charge on any atom is 0.309 e. The summed E-state index contributed by atoms with van der Waals surface area (Å²) in [5.74, 6) is 0.525. The lowest BCUT2D eigenvalue weighted by molar-refractivity contribution is -0.141. The minimum atomic E-state index is -0.167. The van der Waals surface area contributed by atoms with Gasteiger partial charge in [0.25, 0.3) is 0 Å². The summed E-state index contributed by atoms with van der Waals surface area (Å²) in [5, 5.41) is 4.65. The van der Waals surface area contributed by atoms with E-state index in [1.165, 1.54) is 0 Å². The zero-order chi connectivity index (χ0) is 19.1. The molecular weight excluding hydrogens is 358 g/mol. The lowest BCUT2D eigenvalue weighted by atomic mass is 10.0. The molecule has 8 heteroatoms. The van der Waals surface area contributed by atoms with Crippen molar-refractivity contribution in [2.45, 2.75) is 32.4 Å². The number of aromatic amines is 1. The average Bonchev–Trinajstić information content (AvgIpc) is 3.42. The molecule has 1 amide bonds. The molecule has 0 aliphatic carbocycles. The fourth-order valence-electron chi connectivity index (χ4n) is 3.92. The van der Waals surface area contributed by atoms with E-state index < -0.39 is 0 Å². The molecule has 1 saturated heterocycles. The van der Waals surface area contributed by atoms with Crippen LogP contribution in [0.15, 0.2) is 30.3 Å². The number of fused-ring (bicyclic) bond motifs is 2. The van der Waals surface area contributed by atoms with E-state index in [0.29, 0.717) is 39.1 Å². The first-order valence-electron chi connectivity index (χ1n) is 9.63. The van der Waals surface area contributed by atoms with E-state index >= 15 is 0 Å². The number of rotatable bonds is 4. The summed E-state index contributed by atoms with van der Waals surface area (Å²) in [6.45, 7) is 2.29. The van der Waals surface area contributed by atoms with Crippen molar-refractivity contribution in [1.29, 1.82) is 0 Å². The van der Waals surface area contributed by atoms with E-state index in [1.54, 1.807) is 0 Å². The van der Waals surface area contributed by atoms with Crippen LogP contribution in [0.2, 0.25) is 0 Å². The molecule has 1 aromatic carbocycles. The topological polar surface area (TPSA) is 93.1 Å². The second kappa shape index (κ2) is 6.78. The summed E-state index contributed by atoms with van der Waals surface area (Å²) >= 11 is 0. The van der Waals surface area contributed by atoms with Gasteiger partial charge in [0.15, 0.2) is 5.82 Å². The average molecular weight is 379 g/mol. The molecule has 2 aliphatic heterocycles. The number of amides is 1. The van der Waals surface area contributed by atoms with Crippen molar-refractivity contribution >= 4 is 22.9 Å². The highest BCUT2D eigenvalue weighted by Gasteiger charge is 2.29. The third-order valence-corrected chi connectivity index (χ3v) is 5.53. The van der Waals surface area contributed by atoms with E-state index in [-0.39, 0.29) is 17.8 Å². The predicted molar refractivity (Wildman–Crippen MR) is 101 cm³/mol. The largest absolute Gasteiger partial charge is 0.465 e. The van der Waals surface area contributed by atoms with Crippen LogP contribution in [0.1, 0.15) is 25.0 Å². The van der Waals surface area contributed by atoms with E-state index in [0.717, 1.165) is 34.7 Å². The van der Waals surface area contributed by atoms with E-state index in [4.69, 9.17) is 4.74 Å². The molecule has 0 radical (unpaired) electrons. The van der Waals surface area contributed by atoms with Gasteiger partial charge in [-0.1, -0.05) is 12.1 Å². The number of ether oxygens (including phenoxy) is 1. The summed E-state index contributed by atoms with van der Waals surface area (Å²) < 4.78 is 6.92. The fourth-order valence-corrected chi connectivity index (χ4v) is 3.92. The van der Waals surface area contributed by atoms with Gasteiger partial charge >= 0.3 is 5.97 Å². The maximum atomic E-state index is 12.6. The molecule has 0 spiro atoms. The predicted octanol–water partition coefficient (Wildman–Crippen LogP) is 2.11. The van der Waals surface area contributed by atoms with E-state index in [2.05, 4.69) is 15.1 Å². The molecule has 28 heavy (non-hydrogen) atoms. The molecule has 8 nitrogen and oxygen atoms in total. The zero-order valence-corrected chi connectivity index (χ0v) is 15.4. The second-order valence-electron chi connectivity index (χ2n) is 7.35. The summed E-state index contributed by atoms with van der Waals surface area (Å²) in [4.78, 5) is 33.9. The molecule has 1 atom stereocenters. The highest BCUT2D eigenvalue weighted by molar-refractivity contribution is 5.79. The number of carbonyl (C=O) groups is 2. The number of carbonyl (C=O) groups excluding carboxylic acids is 2. The lowest BCUT2D eigenvalue weighted by Gasteiger charge is -2.28.